The van der Waals surface area contributed by atoms with Crippen LogP contribution in [-0.2, 0) is 0 Å². The Labute approximate surface area is 87.9 Å². The van der Waals surface area contributed by atoms with E-state index in [2.05, 4.69) is 0 Å². The standard InChI is InChI=1S/C12H11ClO/c13-8-12(14)11-7-3-5-9-4-1-2-6-10(9)11/h1-7,12,14H,8H2/t12-/m0/s1. The molecular weight excluding hydrogens is 196 g/mol. The molecule has 2 aromatic rings. The second-order valence-electron chi connectivity index (χ2n) is 3.24. The number of rotatable bonds is 2. The lowest BCUT2D eigenvalue weighted by Gasteiger charge is -2.10. The number of aliphatic hydroxyl groups is 1. The quantitative estimate of drug-likeness (QED) is 0.749. The van der Waals surface area contributed by atoms with Crippen LogP contribution in [0.4, 0.5) is 0 Å². The van der Waals surface area contributed by atoms with Crippen molar-refractivity contribution < 1.29 is 5.11 Å². The number of hydrogen-bond donors (Lipinski definition) is 1. The van der Waals surface area contributed by atoms with E-state index >= 15 is 0 Å². The van der Waals surface area contributed by atoms with E-state index in [1.54, 1.807) is 0 Å². The Morgan fingerprint density at radius 1 is 1.07 bits per heavy atom. The van der Waals surface area contributed by atoms with Gasteiger partial charge in [-0.15, -0.1) is 11.6 Å². The zero-order valence-corrected chi connectivity index (χ0v) is 8.41. The second-order valence-corrected chi connectivity index (χ2v) is 3.55. The van der Waals surface area contributed by atoms with Crippen LogP contribution in [0.3, 0.4) is 0 Å². The number of hydrogen-bond acceptors (Lipinski definition) is 1. The first-order valence-electron chi connectivity index (χ1n) is 4.54. The monoisotopic (exact) mass is 206 g/mol. The van der Waals surface area contributed by atoms with E-state index in [0.29, 0.717) is 0 Å². The number of fused-ring (bicyclic) bond motifs is 1. The van der Waals surface area contributed by atoms with Gasteiger partial charge >= 0.3 is 0 Å². The summed E-state index contributed by atoms with van der Waals surface area (Å²) in [4.78, 5) is 0. The molecule has 0 spiro atoms. The van der Waals surface area contributed by atoms with Gasteiger partial charge in [0.15, 0.2) is 0 Å². The van der Waals surface area contributed by atoms with E-state index in [4.69, 9.17) is 11.6 Å². The molecule has 0 fully saturated rings. The fourth-order valence-corrected chi connectivity index (χ4v) is 1.79. The van der Waals surface area contributed by atoms with Crippen molar-refractivity contribution in [3.05, 3.63) is 48.0 Å². The lowest BCUT2D eigenvalue weighted by atomic mass is 10.0. The van der Waals surface area contributed by atoms with Crippen molar-refractivity contribution in [1.29, 1.82) is 0 Å². The van der Waals surface area contributed by atoms with Gasteiger partial charge in [-0.2, -0.15) is 0 Å². The summed E-state index contributed by atoms with van der Waals surface area (Å²) in [7, 11) is 0. The minimum Gasteiger partial charge on any atom is -0.387 e. The van der Waals surface area contributed by atoms with Crippen LogP contribution in [0.5, 0.6) is 0 Å². The van der Waals surface area contributed by atoms with E-state index in [9.17, 15) is 5.11 Å². The first-order chi connectivity index (χ1) is 6.83. The first kappa shape index (κ1) is 9.50. The minimum atomic E-state index is -0.581. The molecule has 0 unspecified atom stereocenters. The molecule has 0 saturated carbocycles. The number of benzene rings is 2. The van der Waals surface area contributed by atoms with Crippen molar-refractivity contribution in [3.8, 4) is 0 Å². The smallest absolute Gasteiger partial charge is 0.0931 e. The zero-order valence-electron chi connectivity index (χ0n) is 7.65. The van der Waals surface area contributed by atoms with Gasteiger partial charge in [-0.25, -0.2) is 0 Å². The molecule has 0 radical (unpaired) electrons. The van der Waals surface area contributed by atoms with Crippen molar-refractivity contribution in [2.75, 3.05) is 5.88 Å². The molecule has 0 aliphatic heterocycles. The minimum absolute atomic E-state index is 0.230. The third-order valence-electron chi connectivity index (χ3n) is 2.33. The van der Waals surface area contributed by atoms with E-state index in [0.717, 1.165) is 16.3 Å². The predicted molar refractivity (Wildman–Crippen MR) is 59.6 cm³/mol. The van der Waals surface area contributed by atoms with Crippen molar-refractivity contribution in [2.45, 2.75) is 6.10 Å². The Bertz CT molecular complexity index is 434. The third-order valence-corrected chi connectivity index (χ3v) is 2.62. The second kappa shape index (κ2) is 3.99. The molecule has 2 aromatic carbocycles. The maximum Gasteiger partial charge on any atom is 0.0931 e. The van der Waals surface area contributed by atoms with Gasteiger partial charge in [0.25, 0.3) is 0 Å². The van der Waals surface area contributed by atoms with Crippen LogP contribution >= 0.6 is 11.6 Å². The van der Waals surface area contributed by atoms with Crippen LogP contribution in [0.15, 0.2) is 42.5 Å². The van der Waals surface area contributed by atoms with Crippen LogP contribution in [0.2, 0.25) is 0 Å². The van der Waals surface area contributed by atoms with Crippen LogP contribution in [0.25, 0.3) is 10.8 Å². The lowest BCUT2D eigenvalue weighted by molar-refractivity contribution is 0.204. The molecule has 2 rings (SSSR count). The van der Waals surface area contributed by atoms with Gasteiger partial charge in [-0.3, -0.25) is 0 Å². The summed E-state index contributed by atoms with van der Waals surface area (Å²) in [6.45, 7) is 0. The zero-order chi connectivity index (χ0) is 9.97. The van der Waals surface area contributed by atoms with Crippen molar-refractivity contribution >= 4 is 22.4 Å². The summed E-state index contributed by atoms with van der Waals surface area (Å²) >= 11 is 5.64. The molecule has 0 aliphatic carbocycles. The fourth-order valence-electron chi connectivity index (χ4n) is 1.62. The molecule has 0 heterocycles. The number of halogens is 1. The highest BCUT2D eigenvalue weighted by Crippen LogP contribution is 2.24. The molecule has 1 N–H and O–H groups in total. The van der Waals surface area contributed by atoms with Gasteiger partial charge < -0.3 is 5.11 Å². The van der Waals surface area contributed by atoms with Gasteiger partial charge in [-0.05, 0) is 16.3 Å². The summed E-state index contributed by atoms with van der Waals surface area (Å²) in [5, 5.41) is 11.9. The van der Waals surface area contributed by atoms with Crippen LogP contribution < -0.4 is 0 Å². The molecule has 0 saturated heterocycles. The molecule has 0 aliphatic rings. The Morgan fingerprint density at radius 3 is 2.57 bits per heavy atom. The molecule has 0 bridgehead atoms. The normalized spacial score (nSPS) is 13.0. The Morgan fingerprint density at radius 2 is 1.79 bits per heavy atom. The van der Waals surface area contributed by atoms with Gasteiger partial charge in [0.2, 0.25) is 0 Å². The van der Waals surface area contributed by atoms with Crippen molar-refractivity contribution in [1.82, 2.24) is 0 Å². The Hall–Kier alpha value is -1.05. The maximum absolute atomic E-state index is 9.70. The van der Waals surface area contributed by atoms with Crippen molar-refractivity contribution in [3.63, 3.8) is 0 Å². The van der Waals surface area contributed by atoms with Crippen LogP contribution in [0, 0.1) is 0 Å². The third kappa shape index (κ3) is 1.61. The van der Waals surface area contributed by atoms with E-state index < -0.39 is 6.10 Å². The SMILES string of the molecule is O[C@@H](CCl)c1cccc2ccccc12. The molecule has 14 heavy (non-hydrogen) atoms. The van der Waals surface area contributed by atoms with Gasteiger partial charge in [-0.1, -0.05) is 42.5 Å². The topological polar surface area (TPSA) is 20.2 Å². The van der Waals surface area contributed by atoms with E-state index in [1.807, 2.05) is 42.5 Å². The number of aliphatic hydroxyl groups excluding tert-OH is 1. The summed E-state index contributed by atoms with van der Waals surface area (Å²) < 4.78 is 0. The van der Waals surface area contributed by atoms with Crippen LogP contribution in [0.1, 0.15) is 11.7 Å². The molecular formula is C12H11ClO. The average Bonchev–Trinajstić information content (AvgIpc) is 2.27. The largest absolute Gasteiger partial charge is 0.387 e. The fraction of sp³-hybridized carbons (Fsp3) is 0.167. The molecule has 1 atom stereocenters. The number of alkyl halides is 1. The van der Waals surface area contributed by atoms with E-state index in [1.165, 1.54) is 0 Å². The molecule has 0 amide bonds. The summed E-state index contributed by atoms with van der Waals surface area (Å²) in [5.74, 6) is 0.230. The predicted octanol–water partition coefficient (Wildman–Crippen LogP) is 3.11. The molecule has 72 valence electrons. The van der Waals surface area contributed by atoms with E-state index in [-0.39, 0.29) is 5.88 Å². The Kier molecular flexibility index (Phi) is 2.71. The molecule has 2 heteroatoms. The summed E-state index contributed by atoms with van der Waals surface area (Å²) in [6, 6.07) is 13.9. The molecule has 0 aromatic heterocycles. The Balaban J connectivity index is 2.65. The van der Waals surface area contributed by atoms with Crippen molar-refractivity contribution in [2.24, 2.45) is 0 Å². The summed E-state index contributed by atoms with van der Waals surface area (Å²) in [5.41, 5.74) is 0.901. The van der Waals surface area contributed by atoms with Gasteiger partial charge in [0.05, 0.1) is 12.0 Å². The highest BCUT2D eigenvalue weighted by atomic mass is 35.5. The highest BCUT2D eigenvalue weighted by Gasteiger charge is 2.08. The lowest BCUT2D eigenvalue weighted by Crippen LogP contribution is -1.98. The first-order valence-corrected chi connectivity index (χ1v) is 5.08. The molecule has 1 nitrogen and oxygen atoms in total. The summed E-state index contributed by atoms with van der Waals surface area (Å²) in [6.07, 6.45) is -0.581. The van der Waals surface area contributed by atoms with Gasteiger partial charge in [0.1, 0.15) is 0 Å². The average molecular weight is 207 g/mol. The van der Waals surface area contributed by atoms with Gasteiger partial charge in [0, 0.05) is 0 Å². The maximum atomic E-state index is 9.70. The van der Waals surface area contributed by atoms with Crippen LogP contribution in [-0.4, -0.2) is 11.0 Å². The highest BCUT2D eigenvalue weighted by molar-refractivity contribution is 6.18.